The van der Waals surface area contributed by atoms with Gasteiger partial charge in [-0.1, -0.05) is 98.8 Å². The van der Waals surface area contributed by atoms with Crippen molar-refractivity contribution in [2.75, 3.05) is 0 Å². The predicted molar refractivity (Wildman–Crippen MR) is 198 cm³/mol. The highest BCUT2D eigenvalue weighted by Crippen LogP contribution is 2.51. The van der Waals surface area contributed by atoms with E-state index in [1.54, 1.807) is 0 Å². The Morgan fingerprint density at radius 3 is 2.06 bits per heavy atom. The third-order valence-corrected chi connectivity index (χ3v) is 10.8. The minimum Gasteiger partial charge on any atom is -0.456 e. The van der Waals surface area contributed by atoms with E-state index < -0.39 is 0 Å². The highest BCUT2D eigenvalue weighted by molar-refractivity contribution is 6.13. The lowest BCUT2D eigenvalue weighted by Gasteiger charge is -2.21. The van der Waals surface area contributed by atoms with Gasteiger partial charge in [0.05, 0.1) is 11.0 Å². The molecule has 0 fully saturated rings. The molecule has 3 aromatic heterocycles. The van der Waals surface area contributed by atoms with Crippen LogP contribution in [0.15, 0.2) is 148 Å². The van der Waals surface area contributed by atoms with E-state index in [1.807, 2.05) is 12.1 Å². The van der Waals surface area contributed by atoms with Crippen LogP contribution in [0.1, 0.15) is 25.0 Å². The van der Waals surface area contributed by atoms with Crippen molar-refractivity contribution >= 4 is 65.7 Å². The Balaban J connectivity index is 1.10. The van der Waals surface area contributed by atoms with Crippen LogP contribution in [0.5, 0.6) is 0 Å². The molecule has 1 aliphatic carbocycles. The lowest BCUT2D eigenvalue weighted by atomic mass is 9.82. The molecule has 0 aliphatic heterocycles. The minimum atomic E-state index is -0.0749. The third kappa shape index (κ3) is 3.33. The fourth-order valence-corrected chi connectivity index (χ4v) is 8.49. The highest BCUT2D eigenvalue weighted by atomic mass is 16.3. The number of hydrogen-bond donors (Lipinski definition) is 0. The van der Waals surface area contributed by atoms with Crippen LogP contribution in [-0.4, -0.2) is 4.57 Å². The second-order valence-electron chi connectivity index (χ2n) is 13.7. The molecule has 7 aromatic carbocycles. The number of hydrogen-bond acceptors (Lipinski definition) is 2. The summed E-state index contributed by atoms with van der Waals surface area (Å²) in [5, 5.41) is 7.01. The lowest BCUT2D eigenvalue weighted by Crippen LogP contribution is -2.14. The van der Waals surface area contributed by atoms with Crippen LogP contribution in [0.4, 0.5) is 0 Å². The van der Waals surface area contributed by atoms with Gasteiger partial charge in [-0.25, -0.2) is 0 Å². The van der Waals surface area contributed by atoms with Gasteiger partial charge in [0, 0.05) is 55.0 Å². The van der Waals surface area contributed by atoms with Crippen LogP contribution in [0.25, 0.3) is 93.6 Å². The Bertz CT molecular complexity index is 2980. The molecule has 0 N–H and O–H groups in total. The Hall–Kier alpha value is -6.06. The summed E-state index contributed by atoms with van der Waals surface area (Å²) in [5.41, 5.74) is 14.6. The summed E-state index contributed by atoms with van der Waals surface area (Å²) in [5.74, 6) is 0. The van der Waals surface area contributed by atoms with Gasteiger partial charge >= 0.3 is 0 Å². The molecule has 48 heavy (non-hydrogen) atoms. The van der Waals surface area contributed by atoms with E-state index in [0.717, 1.165) is 60.7 Å². The van der Waals surface area contributed by atoms with Crippen LogP contribution >= 0.6 is 0 Å². The maximum atomic E-state index is 6.65. The van der Waals surface area contributed by atoms with Crippen LogP contribution in [-0.2, 0) is 5.41 Å². The highest BCUT2D eigenvalue weighted by Gasteiger charge is 2.36. The van der Waals surface area contributed by atoms with Gasteiger partial charge in [-0.2, -0.15) is 0 Å². The largest absolute Gasteiger partial charge is 0.456 e. The molecule has 3 nitrogen and oxygen atoms in total. The lowest BCUT2D eigenvalue weighted by molar-refractivity contribution is 0.661. The SMILES string of the molecule is CC1(C)c2ccccc2-c2cc3c4ccccc4n(-c4ccc5c(c4)oc4cc(-c6cccc7c6oc6ccccc67)ccc45)c3cc21. The second-order valence-corrected chi connectivity index (χ2v) is 13.7. The van der Waals surface area contributed by atoms with E-state index >= 15 is 0 Å². The summed E-state index contributed by atoms with van der Waals surface area (Å²) in [4.78, 5) is 0. The molecule has 0 amide bonds. The smallest absolute Gasteiger partial charge is 0.143 e. The van der Waals surface area contributed by atoms with Crippen LogP contribution in [0, 0.1) is 0 Å². The van der Waals surface area contributed by atoms with E-state index in [0.29, 0.717) is 0 Å². The minimum absolute atomic E-state index is 0.0749. The molecule has 0 radical (unpaired) electrons. The molecule has 0 atom stereocenters. The fraction of sp³-hybridized carbons (Fsp3) is 0.0667. The van der Waals surface area contributed by atoms with E-state index in [9.17, 15) is 0 Å². The van der Waals surface area contributed by atoms with Crippen LogP contribution < -0.4 is 0 Å². The molecule has 0 saturated heterocycles. The topological polar surface area (TPSA) is 31.2 Å². The first-order valence-corrected chi connectivity index (χ1v) is 16.6. The van der Waals surface area contributed by atoms with Crippen molar-refractivity contribution in [1.29, 1.82) is 0 Å². The van der Waals surface area contributed by atoms with Gasteiger partial charge in [0.2, 0.25) is 0 Å². The molecule has 1 aliphatic rings. The van der Waals surface area contributed by atoms with E-state index in [4.69, 9.17) is 8.83 Å². The van der Waals surface area contributed by atoms with Crippen molar-refractivity contribution in [3.05, 3.63) is 151 Å². The molecule has 0 saturated carbocycles. The molecule has 226 valence electrons. The quantitative estimate of drug-likeness (QED) is 0.194. The van der Waals surface area contributed by atoms with Crippen LogP contribution in [0.3, 0.4) is 0 Å². The van der Waals surface area contributed by atoms with E-state index in [2.05, 4.69) is 146 Å². The van der Waals surface area contributed by atoms with Gasteiger partial charge in [0.15, 0.2) is 0 Å². The molecule has 3 heterocycles. The molecule has 10 aromatic rings. The first-order valence-electron chi connectivity index (χ1n) is 16.6. The van der Waals surface area contributed by atoms with E-state index in [1.165, 1.54) is 44.1 Å². The first-order chi connectivity index (χ1) is 23.5. The Labute approximate surface area is 276 Å². The zero-order valence-corrected chi connectivity index (χ0v) is 26.5. The summed E-state index contributed by atoms with van der Waals surface area (Å²) in [6.07, 6.45) is 0. The number of aromatic nitrogens is 1. The molecular weight excluding hydrogens is 587 g/mol. The summed E-state index contributed by atoms with van der Waals surface area (Å²) in [7, 11) is 0. The maximum Gasteiger partial charge on any atom is 0.143 e. The first kappa shape index (κ1) is 26.1. The molecule has 3 heteroatoms. The number of nitrogens with zero attached hydrogens (tertiary/aromatic N) is 1. The molecule has 11 rings (SSSR count). The summed E-state index contributed by atoms with van der Waals surface area (Å²) < 4.78 is 15.4. The Morgan fingerprint density at radius 1 is 0.438 bits per heavy atom. The Kier molecular flexibility index (Phi) is 4.91. The van der Waals surface area contributed by atoms with Crippen molar-refractivity contribution in [2.24, 2.45) is 0 Å². The maximum absolute atomic E-state index is 6.65. The number of para-hydroxylation sites is 3. The van der Waals surface area contributed by atoms with Crippen molar-refractivity contribution < 1.29 is 8.83 Å². The monoisotopic (exact) mass is 615 g/mol. The average Bonchev–Trinajstić information content (AvgIpc) is 3.84. The predicted octanol–water partition coefficient (Wildman–Crippen LogP) is 12.6. The third-order valence-electron chi connectivity index (χ3n) is 10.8. The number of fused-ring (bicyclic) bond motifs is 12. The Morgan fingerprint density at radius 2 is 1.15 bits per heavy atom. The average molecular weight is 616 g/mol. The standard InChI is InChI=1S/C45H29NO2/c1-45(2)37-15-6-3-10-29(37)35-24-36-30-11-4-7-16-39(30)46(40(36)25-38(35)45)27-19-21-33-32-20-18-26(22-42(32)47-43(33)23-27)28-13-9-14-34-31-12-5-8-17-41(31)48-44(28)34/h3-25H,1-2H3. The fourth-order valence-electron chi connectivity index (χ4n) is 8.49. The van der Waals surface area contributed by atoms with Crippen molar-refractivity contribution in [2.45, 2.75) is 19.3 Å². The normalized spacial score (nSPS) is 13.8. The van der Waals surface area contributed by atoms with Gasteiger partial charge in [-0.3, -0.25) is 0 Å². The van der Waals surface area contributed by atoms with Gasteiger partial charge in [0.1, 0.15) is 22.3 Å². The summed E-state index contributed by atoms with van der Waals surface area (Å²) >= 11 is 0. The summed E-state index contributed by atoms with van der Waals surface area (Å²) in [6, 6.07) is 50.2. The van der Waals surface area contributed by atoms with Crippen molar-refractivity contribution in [1.82, 2.24) is 4.57 Å². The molecule has 0 bridgehead atoms. The zero-order valence-electron chi connectivity index (χ0n) is 26.5. The molecular formula is C45H29NO2. The van der Waals surface area contributed by atoms with Gasteiger partial charge in [0.25, 0.3) is 0 Å². The van der Waals surface area contributed by atoms with Gasteiger partial charge < -0.3 is 13.4 Å². The van der Waals surface area contributed by atoms with Crippen LogP contribution in [0.2, 0.25) is 0 Å². The molecule has 0 spiro atoms. The van der Waals surface area contributed by atoms with Gasteiger partial charge in [-0.05, 0) is 76.3 Å². The number of furan rings is 2. The van der Waals surface area contributed by atoms with Crippen molar-refractivity contribution in [3.63, 3.8) is 0 Å². The second kappa shape index (κ2) is 9.05. The summed E-state index contributed by atoms with van der Waals surface area (Å²) in [6.45, 7) is 4.69. The number of rotatable bonds is 2. The zero-order chi connectivity index (χ0) is 31.7. The van der Waals surface area contributed by atoms with Gasteiger partial charge in [-0.15, -0.1) is 0 Å². The van der Waals surface area contributed by atoms with E-state index in [-0.39, 0.29) is 5.41 Å². The van der Waals surface area contributed by atoms with Crippen molar-refractivity contribution in [3.8, 4) is 27.9 Å². The molecule has 0 unspecified atom stereocenters. The number of benzene rings is 7.